The molecule has 1 fully saturated rings. The van der Waals surface area contributed by atoms with Crippen molar-refractivity contribution in [1.82, 2.24) is 30.4 Å². The molecule has 6 rings (SSSR count). The number of fused-ring (bicyclic) bond motifs is 1. The lowest BCUT2D eigenvalue weighted by atomic mass is 10.1. The number of benzene rings is 2. The summed E-state index contributed by atoms with van der Waals surface area (Å²) in [6.45, 7) is 0.139. The molecule has 0 radical (unpaired) electrons. The third-order valence-electron chi connectivity index (χ3n) is 7.26. The summed E-state index contributed by atoms with van der Waals surface area (Å²) in [7, 11) is 1.60. The van der Waals surface area contributed by atoms with Crippen LogP contribution in [0.5, 0.6) is 17.2 Å². The molecule has 1 aliphatic heterocycles. The number of methoxy groups -OCH3 is 1. The molecule has 2 aliphatic rings. The number of hydrogen-bond donors (Lipinski definition) is 1. The summed E-state index contributed by atoms with van der Waals surface area (Å²) in [5.41, 5.74) is 1.55. The van der Waals surface area contributed by atoms with Crippen LogP contribution in [0.2, 0.25) is 0 Å². The van der Waals surface area contributed by atoms with Crippen molar-refractivity contribution in [3.8, 4) is 28.6 Å². The Labute approximate surface area is 241 Å². The van der Waals surface area contributed by atoms with Crippen LogP contribution in [-0.2, 0) is 22.7 Å². The van der Waals surface area contributed by atoms with Crippen LogP contribution in [0.3, 0.4) is 0 Å². The average molecular weight is 575 g/mol. The zero-order valence-corrected chi connectivity index (χ0v) is 23.4. The Bertz CT molecular complexity index is 1500. The molecule has 212 valence electrons. The van der Waals surface area contributed by atoms with E-state index >= 15 is 0 Å². The molecule has 11 nitrogen and oxygen atoms in total. The maximum absolute atomic E-state index is 14.0. The molecule has 1 N–H and O–H groups in total. The number of thiophene rings is 1. The van der Waals surface area contributed by atoms with Crippen LogP contribution >= 0.6 is 11.3 Å². The summed E-state index contributed by atoms with van der Waals surface area (Å²) >= 11 is 1.44. The van der Waals surface area contributed by atoms with Crippen LogP contribution in [0.4, 0.5) is 0 Å². The van der Waals surface area contributed by atoms with Crippen molar-refractivity contribution in [2.45, 2.75) is 50.9 Å². The number of rotatable bonds is 10. The van der Waals surface area contributed by atoms with Crippen molar-refractivity contribution in [3.05, 3.63) is 70.4 Å². The summed E-state index contributed by atoms with van der Waals surface area (Å²) in [5, 5.41) is 17.8. The van der Waals surface area contributed by atoms with Gasteiger partial charge in [-0.3, -0.25) is 9.59 Å². The number of tetrazole rings is 1. The van der Waals surface area contributed by atoms with Gasteiger partial charge in [-0.15, -0.1) is 21.5 Å². The quantitative estimate of drug-likeness (QED) is 0.302. The monoisotopic (exact) mass is 574 g/mol. The van der Waals surface area contributed by atoms with Crippen LogP contribution in [-0.4, -0.2) is 56.9 Å². The number of aromatic nitrogens is 4. The van der Waals surface area contributed by atoms with Crippen molar-refractivity contribution in [3.63, 3.8) is 0 Å². The highest BCUT2D eigenvalue weighted by Crippen LogP contribution is 2.35. The van der Waals surface area contributed by atoms with Gasteiger partial charge in [0.2, 0.25) is 24.4 Å². The van der Waals surface area contributed by atoms with E-state index in [0.717, 1.165) is 41.7 Å². The Morgan fingerprint density at radius 2 is 1.93 bits per heavy atom. The topological polar surface area (TPSA) is 121 Å². The number of carbonyl (C=O) groups is 2. The first-order valence-electron chi connectivity index (χ1n) is 13.5. The van der Waals surface area contributed by atoms with Gasteiger partial charge in [0, 0.05) is 23.0 Å². The van der Waals surface area contributed by atoms with Gasteiger partial charge < -0.3 is 24.4 Å². The van der Waals surface area contributed by atoms with E-state index in [4.69, 9.17) is 14.2 Å². The number of hydrogen-bond acceptors (Lipinski definition) is 9. The third-order valence-corrected chi connectivity index (χ3v) is 8.19. The van der Waals surface area contributed by atoms with E-state index in [1.165, 1.54) is 16.1 Å². The Balaban J connectivity index is 1.29. The van der Waals surface area contributed by atoms with Crippen molar-refractivity contribution in [2.24, 2.45) is 0 Å². The lowest BCUT2D eigenvalue weighted by Crippen LogP contribution is -2.46. The molecule has 1 saturated carbocycles. The van der Waals surface area contributed by atoms with Gasteiger partial charge in [-0.05, 0) is 71.5 Å². The van der Waals surface area contributed by atoms with E-state index in [1.807, 2.05) is 60.0 Å². The van der Waals surface area contributed by atoms with Gasteiger partial charge in [-0.25, -0.2) is 0 Å². The summed E-state index contributed by atoms with van der Waals surface area (Å²) in [4.78, 5) is 31.4. The molecule has 1 atom stereocenters. The van der Waals surface area contributed by atoms with Gasteiger partial charge in [0.15, 0.2) is 11.5 Å². The molecule has 2 aromatic heterocycles. The van der Waals surface area contributed by atoms with Crippen molar-refractivity contribution in [1.29, 1.82) is 0 Å². The second-order valence-corrected chi connectivity index (χ2v) is 11.0. The van der Waals surface area contributed by atoms with Gasteiger partial charge in [-0.2, -0.15) is 4.80 Å². The fraction of sp³-hybridized carbons (Fsp3) is 0.345. The van der Waals surface area contributed by atoms with E-state index < -0.39 is 6.04 Å². The molecule has 1 aliphatic carbocycles. The molecule has 0 unspecified atom stereocenters. The van der Waals surface area contributed by atoms with Crippen LogP contribution < -0.4 is 19.5 Å². The Kier molecular flexibility index (Phi) is 7.81. The number of ether oxygens (including phenoxy) is 3. The molecule has 4 aromatic rings. The fourth-order valence-electron chi connectivity index (χ4n) is 5.16. The molecular formula is C29H30N6O5S. The van der Waals surface area contributed by atoms with E-state index in [-0.39, 0.29) is 37.7 Å². The highest BCUT2D eigenvalue weighted by Gasteiger charge is 2.34. The first kappa shape index (κ1) is 26.8. The predicted octanol–water partition coefficient (Wildman–Crippen LogP) is 3.97. The van der Waals surface area contributed by atoms with Gasteiger partial charge in [0.05, 0.1) is 7.11 Å². The molecule has 2 aromatic carbocycles. The Morgan fingerprint density at radius 1 is 1.12 bits per heavy atom. The second kappa shape index (κ2) is 12.0. The number of nitrogens with zero attached hydrogens (tertiary/aromatic N) is 5. The predicted molar refractivity (Wildman–Crippen MR) is 150 cm³/mol. The minimum atomic E-state index is -0.821. The summed E-state index contributed by atoms with van der Waals surface area (Å²) in [5.74, 6) is 1.85. The molecular weight excluding hydrogens is 544 g/mol. The molecule has 0 saturated heterocycles. The van der Waals surface area contributed by atoms with Crippen LogP contribution in [0.15, 0.2) is 60.0 Å². The summed E-state index contributed by atoms with van der Waals surface area (Å²) in [6, 6.07) is 15.9. The van der Waals surface area contributed by atoms with Crippen molar-refractivity contribution in [2.75, 3.05) is 13.9 Å². The highest BCUT2D eigenvalue weighted by atomic mass is 32.1. The first-order chi connectivity index (χ1) is 20.1. The molecule has 3 heterocycles. The Morgan fingerprint density at radius 3 is 2.68 bits per heavy atom. The van der Waals surface area contributed by atoms with E-state index in [2.05, 4.69) is 20.7 Å². The van der Waals surface area contributed by atoms with E-state index in [9.17, 15) is 9.59 Å². The molecule has 12 heteroatoms. The number of nitrogens with one attached hydrogen (secondary N) is 1. The third kappa shape index (κ3) is 6.02. The van der Waals surface area contributed by atoms with Crippen LogP contribution in [0.25, 0.3) is 11.4 Å². The standard InChI is InChI=1S/C29H30N6O5S/c1-38-22-11-9-20(10-12-22)28-31-33-35(32-28)17-26(36)34(16-19-8-13-23-24(15-19)40-18-39-23)27(25-7-4-14-41-25)29(37)30-21-5-2-3-6-21/h4,7-15,21,27H,2-3,5-6,16-18H2,1H3,(H,30,37)/t27-/m0/s1. The SMILES string of the molecule is COc1ccc(-c2nnn(CC(=O)N(Cc3ccc4c(c3)OCO4)[C@H](C(=O)NC3CCCC3)c3cccs3)n2)cc1. The molecule has 0 spiro atoms. The molecule has 41 heavy (non-hydrogen) atoms. The van der Waals surface area contributed by atoms with Gasteiger partial charge in [-0.1, -0.05) is 25.0 Å². The summed E-state index contributed by atoms with van der Waals surface area (Å²) < 4.78 is 16.2. The van der Waals surface area contributed by atoms with Crippen molar-refractivity contribution < 1.29 is 23.8 Å². The van der Waals surface area contributed by atoms with Crippen LogP contribution in [0.1, 0.15) is 42.2 Å². The van der Waals surface area contributed by atoms with Gasteiger partial charge in [0.25, 0.3) is 0 Å². The maximum Gasteiger partial charge on any atom is 0.248 e. The van der Waals surface area contributed by atoms with Crippen LogP contribution in [0, 0.1) is 0 Å². The molecule has 2 amide bonds. The van der Waals surface area contributed by atoms with E-state index in [0.29, 0.717) is 23.1 Å². The minimum Gasteiger partial charge on any atom is -0.497 e. The average Bonchev–Trinajstić information content (AvgIpc) is 3.81. The lowest BCUT2D eigenvalue weighted by Gasteiger charge is -2.31. The van der Waals surface area contributed by atoms with Gasteiger partial charge >= 0.3 is 0 Å². The van der Waals surface area contributed by atoms with Crippen molar-refractivity contribution >= 4 is 23.2 Å². The molecule has 0 bridgehead atoms. The van der Waals surface area contributed by atoms with Gasteiger partial charge in [0.1, 0.15) is 18.3 Å². The largest absolute Gasteiger partial charge is 0.497 e. The first-order valence-corrected chi connectivity index (χ1v) is 14.4. The second-order valence-electron chi connectivity index (χ2n) is 9.99. The zero-order valence-electron chi connectivity index (χ0n) is 22.6. The number of carbonyl (C=O) groups excluding carboxylic acids is 2. The summed E-state index contributed by atoms with van der Waals surface area (Å²) in [6.07, 6.45) is 4.05. The minimum absolute atomic E-state index is 0.108. The smallest absolute Gasteiger partial charge is 0.248 e. The van der Waals surface area contributed by atoms with E-state index in [1.54, 1.807) is 12.0 Å². The maximum atomic E-state index is 14.0. The Hall–Kier alpha value is -4.45. The number of amides is 2. The highest BCUT2D eigenvalue weighted by molar-refractivity contribution is 7.10. The fourth-order valence-corrected chi connectivity index (χ4v) is 5.99. The zero-order chi connectivity index (χ0) is 28.2. The lowest BCUT2D eigenvalue weighted by molar-refractivity contribution is -0.142. The normalized spacial score (nSPS) is 15.0.